The third kappa shape index (κ3) is 5.00. The molecule has 0 bridgehead atoms. The third-order valence-corrected chi connectivity index (χ3v) is 5.29. The van der Waals surface area contributed by atoms with Gasteiger partial charge in [0.05, 0.1) is 11.7 Å². The number of hydrogen-bond acceptors (Lipinski definition) is 6. The molecule has 0 aliphatic heterocycles. The molecule has 32 heavy (non-hydrogen) atoms. The van der Waals surface area contributed by atoms with Crippen LogP contribution in [0.3, 0.4) is 0 Å². The van der Waals surface area contributed by atoms with Gasteiger partial charge in [-0.3, -0.25) is 0 Å². The molecule has 2 aromatic carbocycles. The molecular formula is C26H32N4O2. The van der Waals surface area contributed by atoms with Crippen LogP contribution in [0.25, 0.3) is 22.8 Å². The van der Waals surface area contributed by atoms with Crippen LogP contribution in [0.15, 0.2) is 40.9 Å². The van der Waals surface area contributed by atoms with Crippen molar-refractivity contribution in [2.45, 2.75) is 66.0 Å². The molecule has 0 fully saturated rings. The molecule has 3 aromatic rings. The minimum Gasteiger partial charge on any atom is -0.490 e. The number of nitrogens with one attached hydrogen (secondary N) is 1. The lowest BCUT2D eigenvalue weighted by Gasteiger charge is -2.13. The van der Waals surface area contributed by atoms with Crippen molar-refractivity contribution < 1.29 is 9.26 Å². The van der Waals surface area contributed by atoms with Gasteiger partial charge in [0.1, 0.15) is 11.8 Å². The van der Waals surface area contributed by atoms with E-state index in [2.05, 4.69) is 46.6 Å². The van der Waals surface area contributed by atoms with Crippen molar-refractivity contribution in [3.05, 3.63) is 53.1 Å². The Kier molecular flexibility index (Phi) is 8.02. The molecule has 4 rings (SSSR count). The number of benzene rings is 2. The summed E-state index contributed by atoms with van der Waals surface area (Å²) in [4.78, 5) is 4.63. The van der Waals surface area contributed by atoms with Crippen molar-refractivity contribution in [3.63, 3.8) is 0 Å². The Bertz CT molecular complexity index is 1080. The molecule has 1 aromatic heterocycles. The van der Waals surface area contributed by atoms with Crippen LogP contribution in [-0.2, 0) is 6.42 Å². The Morgan fingerprint density at radius 1 is 1.25 bits per heavy atom. The van der Waals surface area contributed by atoms with E-state index in [1.165, 1.54) is 11.1 Å². The first kappa shape index (κ1) is 23.5. The van der Waals surface area contributed by atoms with Gasteiger partial charge < -0.3 is 14.6 Å². The zero-order chi connectivity index (χ0) is 23.1. The predicted octanol–water partition coefficient (Wildman–Crippen LogP) is 6.08. The number of aromatic nitrogens is 2. The molecule has 0 saturated heterocycles. The topological polar surface area (TPSA) is 84.0 Å². The normalized spacial score (nSPS) is 14.5. The van der Waals surface area contributed by atoms with E-state index in [0.717, 1.165) is 31.4 Å². The molecule has 1 N–H and O–H groups in total. The summed E-state index contributed by atoms with van der Waals surface area (Å²) in [5.41, 5.74) is 4.79. The Hall–Kier alpha value is -3.17. The van der Waals surface area contributed by atoms with E-state index in [0.29, 0.717) is 34.6 Å². The molecule has 1 atom stereocenters. The van der Waals surface area contributed by atoms with Crippen LogP contribution in [0.2, 0.25) is 0 Å². The van der Waals surface area contributed by atoms with Gasteiger partial charge in [0.15, 0.2) is 0 Å². The van der Waals surface area contributed by atoms with Gasteiger partial charge in [-0.05, 0) is 69.0 Å². The SMILES string of the molecule is CC.CCCNC1CCc2c(-c3noc(-c4ccc(OC(C)C)c(C#N)c4)n3)cccc21. The second-order valence-corrected chi connectivity index (χ2v) is 7.83. The third-order valence-electron chi connectivity index (χ3n) is 5.29. The van der Waals surface area contributed by atoms with Crippen molar-refractivity contribution >= 4 is 0 Å². The second kappa shape index (κ2) is 10.9. The van der Waals surface area contributed by atoms with Gasteiger partial charge in [0, 0.05) is 17.2 Å². The van der Waals surface area contributed by atoms with Crippen molar-refractivity contribution in [2.75, 3.05) is 6.54 Å². The number of hydrogen-bond donors (Lipinski definition) is 1. The van der Waals surface area contributed by atoms with Crippen LogP contribution < -0.4 is 10.1 Å². The van der Waals surface area contributed by atoms with Gasteiger partial charge in [0.25, 0.3) is 5.89 Å². The number of ether oxygens (including phenoxy) is 1. The average Bonchev–Trinajstić information content (AvgIpc) is 3.46. The maximum Gasteiger partial charge on any atom is 0.258 e. The molecule has 0 radical (unpaired) electrons. The van der Waals surface area contributed by atoms with Crippen LogP contribution in [0.1, 0.15) is 70.2 Å². The lowest BCUT2D eigenvalue weighted by molar-refractivity contribution is 0.241. The number of rotatable bonds is 7. The van der Waals surface area contributed by atoms with Crippen LogP contribution in [0, 0.1) is 11.3 Å². The molecule has 1 aliphatic carbocycles. The molecule has 0 spiro atoms. The largest absolute Gasteiger partial charge is 0.490 e. The van der Waals surface area contributed by atoms with Crippen molar-refractivity contribution in [1.29, 1.82) is 5.26 Å². The van der Waals surface area contributed by atoms with Gasteiger partial charge in [-0.1, -0.05) is 44.1 Å². The summed E-state index contributed by atoms with van der Waals surface area (Å²) in [5.74, 6) is 1.54. The van der Waals surface area contributed by atoms with Gasteiger partial charge in [-0.2, -0.15) is 10.2 Å². The maximum absolute atomic E-state index is 9.48. The number of nitriles is 1. The highest BCUT2D eigenvalue weighted by Gasteiger charge is 2.26. The quantitative estimate of drug-likeness (QED) is 0.487. The molecule has 0 saturated carbocycles. The Balaban J connectivity index is 0.00000141. The van der Waals surface area contributed by atoms with Crippen molar-refractivity contribution in [1.82, 2.24) is 15.5 Å². The first-order valence-electron chi connectivity index (χ1n) is 11.5. The number of fused-ring (bicyclic) bond motifs is 1. The zero-order valence-electron chi connectivity index (χ0n) is 19.6. The minimum absolute atomic E-state index is 0.00576. The summed E-state index contributed by atoms with van der Waals surface area (Å²) in [6.07, 6.45) is 3.19. The highest BCUT2D eigenvalue weighted by Crippen LogP contribution is 2.37. The van der Waals surface area contributed by atoms with Crippen molar-refractivity contribution in [2.24, 2.45) is 0 Å². The fourth-order valence-corrected chi connectivity index (χ4v) is 3.95. The van der Waals surface area contributed by atoms with Crippen LogP contribution in [0.4, 0.5) is 0 Å². The van der Waals surface area contributed by atoms with E-state index in [-0.39, 0.29) is 6.10 Å². The van der Waals surface area contributed by atoms with E-state index >= 15 is 0 Å². The highest BCUT2D eigenvalue weighted by atomic mass is 16.5. The van der Waals surface area contributed by atoms with Gasteiger partial charge in [-0.25, -0.2) is 0 Å². The lowest BCUT2D eigenvalue weighted by Crippen LogP contribution is -2.19. The summed E-state index contributed by atoms with van der Waals surface area (Å²) in [6, 6.07) is 14.2. The summed E-state index contributed by atoms with van der Waals surface area (Å²) in [6.45, 7) is 11.1. The van der Waals surface area contributed by atoms with Crippen molar-refractivity contribution in [3.8, 4) is 34.7 Å². The van der Waals surface area contributed by atoms with E-state index in [1.54, 1.807) is 12.1 Å². The molecule has 0 amide bonds. The Labute approximate surface area is 190 Å². The Morgan fingerprint density at radius 2 is 2.06 bits per heavy atom. The van der Waals surface area contributed by atoms with E-state index < -0.39 is 0 Å². The van der Waals surface area contributed by atoms with Crippen LogP contribution in [0.5, 0.6) is 5.75 Å². The van der Waals surface area contributed by atoms with Gasteiger partial charge in [0.2, 0.25) is 5.82 Å². The summed E-state index contributed by atoms with van der Waals surface area (Å²) < 4.78 is 11.2. The molecule has 168 valence electrons. The average molecular weight is 433 g/mol. The van der Waals surface area contributed by atoms with E-state index in [9.17, 15) is 5.26 Å². The fraction of sp³-hybridized carbons (Fsp3) is 0.423. The molecular weight excluding hydrogens is 400 g/mol. The highest BCUT2D eigenvalue weighted by molar-refractivity contribution is 5.67. The standard InChI is InChI=1S/C24H26N4O2.C2H6/c1-4-12-26-21-10-9-18-19(21)6-5-7-20(18)23-27-24(30-28-23)16-8-11-22(29-15(2)3)17(13-16)14-25;1-2/h5-8,11,13,15,21,26H,4,9-10,12H2,1-3H3;1-2H3. The monoisotopic (exact) mass is 432 g/mol. The summed E-state index contributed by atoms with van der Waals surface area (Å²) >= 11 is 0. The second-order valence-electron chi connectivity index (χ2n) is 7.83. The van der Waals surface area contributed by atoms with Gasteiger partial charge >= 0.3 is 0 Å². The smallest absolute Gasteiger partial charge is 0.258 e. The molecule has 1 heterocycles. The lowest BCUT2D eigenvalue weighted by atomic mass is 10.0. The molecule has 6 nitrogen and oxygen atoms in total. The predicted molar refractivity (Wildman–Crippen MR) is 126 cm³/mol. The summed E-state index contributed by atoms with van der Waals surface area (Å²) in [7, 11) is 0. The molecule has 1 unspecified atom stereocenters. The zero-order valence-corrected chi connectivity index (χ0v) is 19.6. The molecule has 1 aliphatic rings. The van der Waals surface area contributed by atoms with Gasteiger partial charge in [-0.15, -0.1) is 0 Å². The van der Waals surface area contributed by atoms with E-state index in [4.69, 9.17) is 9.26 Å². The molecule has 6 heteroatoms. The summed E-state index contributed by atoms with van der Waals surface area (Å²) in [5, 5.41) is 17.3. The first-order valence-corrected chi connectivity index (χ1v) is 11.5. The minimum atomic E-state index is -0.00576. The van der Waals surface area contributed by atoms with E-state index in [1.807, 2.05) is 33.8 Å². The van der Waals surface area contributed by atoms with Crippen LogP contribution >= 0.6 is 0 Å². The fourth-order valence-electron chi connectivity index (χ4n) is 3.95. The van der Waals surface area contributed by atoms with Crippen LogP contribution in [-0.4, -0.2) is 22.8 Å². The maximum atomic E-state index is 9.48. The first-order chi connectivity index (χ1) is 15.6. The number of nitrogens with zero attached hydrogens (tertiary/aromatic N) is 3. The Morgan fingerprint density at radius 3 is 2.78 bits per heavy atom.